The van der Waals surface area contributed by atoms with Crippen LogP contribution in [0.2, 0.25) is 0 Å². The van der Waals surface area contributed by atoms with Gasteiger partial charge in [-0.2, -0.15) is 0 Å². The lowest BCUT2D eigenvalue weighted by atomic mass is 10.1. The van der Waals surface area contributed by atoms with E-state index in [0.717, 1.165) is 81.3 Å². The standard InChI is InChI=1S/C39H33N7O/c1-45-37(43-36(25-17-21-40-22-18-25)44-38(45)27-19-23-41-24-20-27)26-11-13-29(14-12-26)46-32-10-6-5-9-30(32)34-33(46)16-15-31-35(34)47-39(42-31)28-7-3-2-4-8-28/h3,5-21,23-24,37,39-40,42H,2,4,22H2,1H3. The number of hydrogen-bond acceptors (Lipinski definition) is 7. The van der Waals surface area contributed by atoms with Crippen molar-refractivity contribution in [2.24, 2.45) is 9.98 Å². The summed E-state index contributed by atoms with van der Waals surface area (Å²) in [4.78, 5) is 16.5. The van der Waals surface area contributed by atoms with Crippen LogP contribution in [0.15, 0.2) is 143 Å². The van der Waals surface area contributed by atoms with Crippen LogP contribution in [-0.4, -0.2) is 45.9 Å². The number of aromatic nitrogens is 2. The number of aliphatic imine (C=N–C) groups is 2. The number of rotatable bonds is 5. The van der Waals surface area contributed by atoms with E-state index in [1.807, 2.05) is 24.4 Å². The summed E-state index contributed by atoms with van der Waals surface area (Å²) in [7, 11) is 2.05. The average molecular weight is 616 g/mol. The summed E-state index contributed by atoms with van der Waals surface area (Å²) >= 11 is 0. The Hall–Kier alpha value is -5.89. The highest BCUT2D eigenvalue weighted by molar-refractivity contribution is 6.15. The molecule has 8 heteroatoms. The molecule has 2 N–H and O–H groups in total. The van der Waals surface area contributed by atoms with E-state index in [4.69, 9.17) is 14.7 Å². The predicted molar refractivity (Wildman–Crippen MR) is 189 cm³/mol. The summed E-state index contributed by atoms with van der Waals surface area (Å²) in [5, 5.41) is 9.13. The van der Waals surface area contributed by atoms with Crippen LogP contribution in [0.5, 0.6) is 5.75 Å². The summed E-state index contributed by atoms with van der Waals surface area (Å²) < 4.78 is 8.97. The fourth-order valence-corrected chi connectivity index (χ4v) is 6.96. The normalized spacial score (nSPS) is 20.1. The molecule has 3 aliphatic heterocycles. The van der Waals surface area contributed by atoms with Crippen LogP contribution < -0.4 is 15.4 Å². The van der Waals surface area contributed by atoms with Gasteiger partial charge in [-0.05, 0) is 73.1 Å². The molecule has 230 valence electrons. The maximum atomic E-state index is 6.64. The van der Waals surface area contributed by atoms with Gasteiger partial charge in [-0.1, -0.05) is 54.6 Å². The Kier molecular flexibility index (Phi) is 6.52. The highest BCUT2D eigenvalue weighted by Crippen LogP contribution is 2.46. The first-order valence-corrected chi connectivity index (χ1v) is 16.1. The van der Waals surface area contributed by atoms with Crippen molar-refractivity contribution in [3.05, 3.63) is 144 Å². The van der Waals surface area contributed by atoms with Crippen molar-refractivity contribution in [2.45, 2.75) is 25.2 Å². The maximum Gasteiger partial charge on any atom is 0.196 e. The minimum Gasteiger partial charge on any atom is -0.464 e. The molecule has 0 amide bonds. The van der Waals surface area contributed by atoms with E-state index in [9.17, 15) is 0 Å². The molecule has 3 aromatic carbocycles. The first-order chi connectivity index (χ1) is 23.2. The van der Waals surface area contributed by atoms with Gasteiger partial charge in [-0.3, -0.25) is 4.98 Å². The number of ether oxygens (including phenoxy) is 1. The second kappa shape index (κ2) is 11.2. The fraction of sp³-hybridized carbons (Fsp3) is 0.154. The molecular weight excluding hydrogens is 582 g/mol. The van der Waals surface area contributed by atoms with Gasteiger partial charge in [-0.25, -0.2) is 9.98 Å². The molecule has 47 heavy (non-hydrogen) atoms. The Morgan fingerprint density at radius 3 is 2.55 bits per heavy atom. The van der Waals surface area contributed by atoms with Crippen LogP contribution in [0.1, 0.15) is 30.1 Å². The van der Waals surface area contributed by atoms with Gasteiger partial charge in [0, 0.05) is 53.8 Å². The Bertz CT molecular complexity index is 2220. The van der Waals surface area contributed by atoms with Gasteiger partial charge >= 0.3 is 0 Å². The smallest absolute Gasteiger partial charge is 0.196 e. The number of dihydropyridines is 1. The van der Waals surface area contributed by atoms with Gasteiger partial charge in [0.2, 0.25) is 0 Å². The maximum absolute atomic E-state index is 6.64. The Morgan fingerprint density at radius 1 is 0.872 bits per heavy atom. The third-order valence-electron chi connectivity index (χ3n) is 9.26. The zero-order chi connectivity index (χ0) is 31.3. The van der Waals surface area contributed by atoms with Crippen LogP contribution in [0.4, 0.5) is 5.69 Å². The zero-order valence-corrected chi connectivity index (χ0v) is 26.0. The molecule has 2 aromatic heterocycles. The number of benzene rings is 3. The van der Waals surface area contributed by atoms with Crippen LogP contribution >= 0.6 is 0 Å². The van der Waals surface area contributed by atoms with Crippen molar-refractivity contribution in [3.63, 3.8) is 0 Å². The molecule has 8 nitrogen and oxygen atoms in total. The molecule has 0 radical (unpaired) electrons. The monoisotopic (exact) mass is 615 g/mol. The third-order valence-corrected chi connectivity index (χ3v) is 9.26. The number of para-hydroxylation sites is 1. The fourth-order valence-electron chi connectivity index (χ4n) is 6.96. The van der Waals surface area contributed by atoms with E-state index >= 15 is 0 Å². The highest BCUT2D eigenvalue weighted by atomic mass is 16.5. The molecule has 5 heterocycles. The van der Waals surface area contributed by atoms with Gasteiger partial charge in [0.25, 0.3) is 0 Å². The number of pyridine rings is 1. The number of fused-ring (bicyclic) bond motifs is 5. The van der Waals surface area contributed by atoms with E-state index in [1.165, 1.54) is 11.0 Å². The molecular formula is C39H33N7O. The van der Waals surface area contributed by atoms with E-state index in [0.29, 0.717) is 0 Å². The lowest BCUT2D eigenvalue weighted by Gasteiger charge is -2.32. The first-order valence-electron chi connectivity index (χ1n) is 16.1. The van der Waals surface area contributed by atoms with Crippen LogP contribution in [0.25, 0.3) is 27.5 Å². The molecule has 0 spiro atoms. The van der Waals surface area contributed by atoms with Crippen molar-refractivity contribution in [1.82, 2.24) is 19.8 Å². The number of allylic oxidation sites excluding steroid dienone is 2. The van der Waals surface area contributed by atoms with E-state index < -0.39 is 0 Å². The third kappa shape index (κ3) is 4.63. The summed E-state index contributed by atoms with van der Waals surface area (Å²) in [6.45, 7) is 0.749. The van der Waals surface area contributed by atoms with Gasteiger partial charge in [-0.15, -0.1) is 0 Å². The van der Waals surface area contributed by atoms with Crippen molar-refractivity contribution in [1.29, 1.82) is 0 Å². The molecule has 1 aliphatic carbocycles. The molecule has 0 saturated heterocycles. The number of nitrogens with zero attached hydrogens (tertiary/aromatic N) is 5. The average Bonchev–Trinajstić information content (AvgIpc) is 3.73. The molecule has 0 bridgehead atoms. The first kappa shape index (κ1) is 27.4. The van der Waals surface area contributed by atoms with Crippen molar-refractivity contribution < 1.29 is 4.74 Å². The summed E-state index contributed by atoms with van der Waals surface area (Å²) in [6, 6.07) is 25.7. The van der Waals surface area contributed by atoms with Crippen molar-refractivity contribution in [2.75, 3.05) is 18.9 Å². The number of amidine groups is 2. The Balaban J connectivity index is 1.11. The van der Waals surface area contributed by atoms with Crippen LogP contribution in [0.3, 0.4) is 0 Å². The van der Waals surface area contributed by atoms with Gasteiger partial charge < -0.3 is 24.8 Å². The number of anilines is 1. The second-order valence-corrected chi connectivity index (χ2v) is 12.1. The molecule has 2 atom stereocenters. The molecule has 0 saturated carbocycles. The minimum atomic E-state index is -0.245. The topological polar surface area (TPSA) is 79.1 Å². The van der Waals surface area contributed by atoms with Gasteiger partial charge in [0.1, 0.15) is 12.0 Å². The van der Waals surface area contributed by atoms with E-state index in [2.05, 4.69) is 117 Å². The zero-order valence-electron chi connectivity index (χ0n) is 26.0. The van der Waals surface area contributed by atoms with Crippen molar-refractivity contribution in [3.8, 4) is 11.4 Å². The second-order valence-electron chi connectivity index (χ2n) is 12.1. The molecule has 2 unspecified atom stereocenters. The minimum absolute atomic E-state index is 0.178. The Morgan fingerprint density at radius 2 is 1.74 bits per heavy atom. The predicted octanol–water partition coefficient (Wildman–Crippen LogP) is 7.42. The van der Waals surface area contributed by atoms with Crippen LogP contribution in [0, 0.1) is 0 Å². The quantitative estimate of drug-likeness (QED) is 0.215. The molecule has 0 fully saturated rings. The lowest BCUT2D eigenvalue weighted by Crippen LogP contribution is -2.36. The summed E-state index contributed by atoms with van der Waals surface area (Å²) in [5.74, 6) is 2.50. The molecule has 9 rings (SSSR count). The highest BCUT2D eigenvalue weighted by Gasteiger charge is 2.30. The summed E-state index contributed by atoms with van der Waals surface area (Å²) in [6.07, 6.45) is 18.1. The lowest BCUT2D eigenvalue weighted by molar-refractivity contribution is 0.296. The van der Waals surface area contributed by atoms with Crippen molar-refractivity contribution >= 4 is 39.2 Å². The van der Waals surface area contributed by atoms with Gasteiger partial charge in [0.05, 0.1) is 22.1 Å². The number of hydrogen-bond donors (Lipinski definition) is 2. The SMILES string of the molecule is CN1C(c2ccncc2)=NC(C2=CCNC=C2)=NC1c1ccc(-n2c3ccccc3c3c4c(ccc32)NC(C2=CCCC=C2)O4)cc1. The molecule has 4 aliphatic rings. The van der Waals surface area contributed by atoms with E-state index in [1.54, 1.807) is 12.4 Å². The largest absolute Gasteiger partial charge is 0.464 e. The van der Waals surface area contributed by atoms with Gasteiger partial charge in [0.15, 0.2) is 17.8 Å². The molecule has 5 aromatic rings. The van der Waals surface area contributed by atoms with E-state index in [-0.39, 0.29) is 12.4 Å². The summed E-state index contributed by atoms with van der Waals surface area (Å²) in [5.41, 5.74) is 8.64. The van der Waals surface area contributed by atoms with Crippen LogP contribution in [-0.2, 0) is 0 Å². The Labute approximate surface area is 272 Å². The number of nitrogens with one attached hydrogen (secondary N) is 2.